The van der Waals surface area contributed by atoms with Crippen molar-refractivity contribution in [2.45, 2.75) is 13.0 Å². The summed E-state index contributed by atoms with van der Waals surface area (Å²) in [5.74, 6) is -7.34. The summed E-state index contributed by atoms with van der Waals surface area (Å²) in [4.78, 5) is 15.9. The predicted octanol–water partition coefficient (Wildman–Crippen LogP) is 1.30. The number of nitrogens with one attached hydrogen (secondary N) is 1. The van der Waals surface area contributed by atoms with Gasteiger partial charge in [-0.25, -0.2) is 0 Å². The molecule has 0 saturated carbocycles. The molecule has 0 bridgehead atoms. The third-order valence-electron chi connectivity index (χ3n) is 3.05. The Balaban J connectivity index is 2.15. The minimum atomic E-state index is -1.78. The van der Waals surface area contributed by atoms with Gasteiger partial charge < -0.3 is 15.0 Å². The lowest BCUT2D eigenvalue weighted by Gasteiger charge is -2.29. The maximum Gasteiger partial charge on any atom is 0.253 e. The number of halogens is 4. The number of hydrogen-bond donors (Lipinski definition) is 1. The lowest BCUT2D eigenvalue weighted by molar-refractivity contribution is -0.135. The Morgan fingerprint density at radius 1 is 1.19 bits per heavy atom. The van der Waals surface area contributed by atoms with Gasteiger partial charge in [0.05, 0.1) is 13.2 Å². The molecular formula is C12H13F4N3O2. The quantitative estimate of drug-likeness (QED) is 0.675. The van der Waals surface area contributed by atoms with Crippen LogP contribution in [0.4, 0.5) is 23.2 Å². The molecule has 1 unspecified atom stereocenters. The fraction of sp³-hybridized carbons (Fsp3) is 0.500. The predicted molar refractivity (Wildman–Crippen MR) is 64.6 cm³/mol. The smallest absolute Gasteiger partial charge is 0.253 e. The summed E-state index contributed by atoms with van der Waals surface area (Å²) in [7, 11) is 0. The summed E-state index contributed by atoms with van der Waals surface area (Å²) in [6.45, 7) is 2.75. The van der Waals surface area contributed by atoms with Gasteiger partial charge in [-0.05, 0) is 6.92 Å². The Bertz CT molecular complexity index is 524. The maximum atomic E-state index is 13.5. The Labute approximate surface area is 117 Å². The number of aromatic nitrogens is 1. The van der Waals surface area contributed by atoms with Crippen molar-refractivity contribution in [2.24, 2.45) is 0 Å². The van der Waals surface area contributed by atoms with Crippen LogP contribution < -0.4 is 5.32 Å². The molecule has 116 valence electrons. The fourth-order valence-electron chi connectivity index (χ4n) is 1.95. The summed E-state index contributed by atoms with van der Waals surface area (Å²) in [6.07, 6.45) is 0. The van der Waals surface area contributed by atoms with Crippen molar-refractivity contribution in [1.82, 2.24) is 9.88 Å². The van der Waals surface area contributed by atoms with Crippen LogP contribution in [0.25, 0.3) is 0 Å². The zero-order chi connectivity index (χ0) is 15.6. The highest BCUT2D eigenvalue weighted by Crippen LogP contribution is 2.23. The number of morpholine rings is 1. The summed E-state index contributed by atoms with van der Waals surface area (Å²) >= 11 is 0. The van der Waals surface area contributed by atoms with Gasteiger partial charge in [-0.2, -0.15) is 22.5 Å². The van der Waals surface area contributed by atoms with Crippen molar-refractivity contribution in [3.63, 3.8) is 0 Å². The topological polar surface area (TPSA) is 54.5 Å². The molecule has 2 heterocycles. The third-order valence-corrected chi connectivity index (χ3v) is 3.05. The summed E-state index contributed by atoms with van der Waals surface area (Å²) in [5, 5.41) is 2.16. The number of rotatable bonds is 3. The molecule has 1 atom stereocenters. The second-order valence-electron chi connectivity index (χ2n) is 4.50. The van der Waals surface area contributed by atoms with Crippen molar-refractivity contribution in [2.75, 3.05) is 31.6 Å². The molecule has 1 fully saturated rings. The van der Waals surface area contributed by atoms with E-state index >= 15 is 0 Å². The molecule has 5 nitrogen and oxygen atoms in total. The third kappa shape index (κ3) is 3.23. The van der Waals surface area contributed by atoms with Gasteiger partial charge in [0, 0.05) is 13.1 Å². The molecule has 1 N–H and O–H groups in total. The van der Waals surface area contributed by atoms with Crippen molar-refractivity contribution in [1.29, 1.82) is 0 Å². The zero-order valence-electron chi connectivity index (χ0n) is 11.1. The van der Waals surface area contributed by atoms with Gasteiger partial charge in [-0.3, -0.25) is 4.79 Å². The van der Waals surface area contributed by atoms with E-state index in [0.29, 0.717) is 26.3 Å². The second-order valence-corrected chi connectivity index (χ2v) is 4.50. The molecule has 1 aliphatic heterocycles. The van der Waals surface area contributed by atoms with Crippen LogP contribution in [-0.4, -0.2) is 48.1 Å². The first-order valence-corrected chi connectivity index (χ1v) is 6.25. The SMILES string of the molecule is CC(Nc1c(F)c(F)nc(F)c1F)C(=O)N1CCOCC1. The van der Waals surface area contributed by atoms with Crippen molar-refractivity contribution in [3.8, 4) is 0 Å². The number of anilines is 1. The Hall–Kier alpha value is -1.90. The number of nitrogens with zero attached hydrogens (tertiary/aromatic N) is 2. The van der Waals surface area contributed by atoms with Crippen LogP contribution >= 0.6 is 0 Å². The van der Waals surface area contributed by atoms with Crippen LogP contribution in [-0.2, 0) is 9.53 Å². The van der Waals surface area contributed by atoms with Gasteiger partial charge in [0.25, 0.3) is 11.9 Å². The number of pyridine rings is 1. The molecule has 0 spiro atoms. The van der Waals surface area contributed by atoms with Gasteiger partial charge in [-0.1, -0.05) is 0 Å². The van der Waals surface area contributed by atoms with E-state index in [1.165, 1.54) is 11.8 Å². The van der Waals surface area contributed by atoms with Gasteiger partial charge >= 0.3 is 0 Å². The van der Waals surface area contributed by atoms with Crippen LogP contribution in [0, 0.1) is 23.5 Å². The molecule has 1 aromatic heterocycles. The lowest BCUT2D eigenvalue weighted by Crippen LogP contribution is -2.47. The summed E-state index contributed by atoms with van der Waals surface area (Å²) in [5.41, 5.74) is -1.05. The van der Waals surface area contributed by atoms with Crippen LogP contribution in [0.15, 0.2) is 0 Å². The Morgan fingerprint density at radius 2 is 1.71 bits per heavy atom. The Kier molecular flexibility index (Phi) is 4.61. The highest BCUT2D eigenvalue weighted by molar-refractivity contribution is 5.84. The van der Waals surface area contributed by atoms with E-state index < -0.39 is 41.2 Å². The van der Waals surface area contributed by atoms with Crippen molar-refractivity contribution in [3.05, 3.63) is 23.5 Å². The van der Waals surface area contributed by atoms with Crippen LogP contribution in [0.2, 0.25) is 0 Å². The molecule has 9 heteroatoms. The first-order valence-electron chi connectivity index (χ1n) is 6.25. The molecule has 1 amide bonds. The second kappa shape index (κ2) is 6.25. The molecule has 1 saturated heterocycles. The van der Waals surface area contributed by atoms with E-state index in [1.807, 2.05) is 0 Å². The molecular weight excluding hydrogens is 294 g/mol. The summed E-state index contributed by atoms with van der Waals surface area (Å²) < 4.78 is 58.0. The average Bonchev–Trinajstić information content (AvgIpc) is 2.49. The molecule has 1 aromatic rings. The molecule has 2 rings (SSSR count). The number of carbonyl (C=O) groups excluding carboxylic acids is 1. The highest BCUT2D eigenvalue weighted by atomic mass is 19.2. The number of carbonyl (C=O) groups is 1. The maximum absolute atomic E-state index is 13.5. The van der Waals surface area contributed by atoms with Crippen molar-refractivity contribution < 1.29 is 27.1 Å². The number of hydrogen-bond acceptors (Lipinski definition) is 4. The first-order chi connectivity index (χ1) is 9.91. The van der Waals surface area contributed by atoms with E-state index in [9.17, 15) is 22.4 Å². The number of ether oxygens (including phenoxy) is 1. The van der Waals surface area contributed by atoms with E-state index in [4.69, 9.17) is 4.74 Å². The zero-order valence-corrected chi connectivity index (χ0v) is 11.1. The average molecular weight is 307 g/mol. The largest absolute Gasteiger partial charge is 0.378 e. The van der Waals surface area contributed by atoms with Crippen LogP contribution in [0.3, 0.4) is 0 Å². The fourth-order valence-corrected chi connectivity index (χ4v) is 1.95. The van der Waals surface area contributed by atoms with E-state index in [-0.39, 0.29) is 0 Å². The molecule has 21 heavy (non-hydrogen) atoms. The van der Waals surface area contributed by atoms with E-state index in [2.05, 4.69) is 10.3 Å². The van der Waals surface area contributed by atoms with E-state index in [1.54, 1.807) is 0 Å². The molecule has 0 aromatic carbocycles. The van der Waals surface area contributed by atoms with Gasteiger partial charge in [0.15, 0.2) is 0 Å². The standard InChI is InChI=1S/C12H13F4N3O2/c1-6(12(20)19-2-4-21-5-3-19)17-9-7(13)10(15)18-11(16)8(9)14/h6H,2-5H2,1H3,(H,17,18). The van der Waals surface area contributed by atoms with Gasteiger partial charge in [-0.15, -0.1) is 0 Å². The first kappa shape index (κ1) is 15.5. The normalized spacial score (nSPS) is 16.7. The number of amides is 1. The molecule has 0 radical (unpaired) electrons. The van der Waals surface area contributed by atoms with Crippen LogP contribution in [0.5, 0.6) is 0 Å². The lowest BCUT2D eigenvalue weighted by atomic mass is 10.2. The van der Waals surface area contributed by atoms with Gasteiger partial charge in [0.1, 0.15) is 11.7 Å². The Morgan fingerprint density at radius 3 is 2.24 bits per heavy atom. The van der Waals surface area contributed by atoms with Crippen molar-refractivity contribution >= 4 is 11.6 Å². The van der Waals surface area contributed by atoms with Crippen LogP contribution in [0.1, 0.15) is 6.92 Å². The monoisotopic (exact) mass is 307 g/mol. The highest BCUT2D eigenvalue weighted by Gasteiger charge is 2.27. The molecule has 0 aliphatic carbocycles. The summed E-state index contributed by atoms with van der Waals surface area (Å²) in [6, 6.07) is -1.06. The minimum Gasteiger partial charge on any atom is -0.378 e. The van der Waals surface area contributed by atoms with E-state index in [0.717, 1.165) is 0 Å². The van der Waals surface area contributed by atoms with Gasteiger partial charge in [0.2, 0.25) is 17.5 Å². The molecule has 1 aliphatic rings. The minimum absolute atomic E-state index is 0.342.